The summed E-state index contributed by atoms with van der Waals surface area (Å²) in [4.78, 5) is 22.4. The zero-order valence-electron chi connectivity index (χ0n) is 12.1. The molecule has 0 radical (unpaired) electrons. The van der Waals surface area contributed by atoms with Gasteiger partial charge in [0, 0.05) is 31.0 Å². The molecule has 1 saturated carbocycles. The van der Waals surface area contributed by atoms with E-state index in [1.807, 2.05) is 0 Å². The van der Waals surface area contributed by atoms with Gasteiger partial charge in [-0.15, -0.1) is 11.6 Å². The van der Waals surface area contributed by atoms with E-state index in [9.17, 15) is 14.9 Å². The number of hydrogen-bond donors (Lipinski definition) is 1. The molecule has 1 heterocycles. The van der Waals surface area contributed by atoms with Gasteiger partial charge in [-0.3, -0.25) is 14.9 Å². The van der Waals surface area contributed by atoms with Crippen LogP contribution in [0, 0.1) is 15.5 Å². The Kier molecular flexibility index (Phi) is 4.88. The molecule has 1 aliphatic carbocycles. The zero-order valence-corrected chi connectivity index (χ0v) is 12.9. The molecule has 6 nitrogen and oxygen atoms in total. The van der Waals surface area contributed by atoms with Gasteiger partial charge in [0.1, 0.15) is 5.69 Å². The summed E-state index contributed by atoms with van der Waals surface area (Å²) in [7, 11) is 1.62. The van der Waals surface area contributed by atoms with Crippen LogP contribution < -0.4 is 5.32 Å². The van der Waals surface area contributed by atoms with E-state index >= 15 is 0 Å². The molecule has 1 aliphatic rings. The van der Waals surface area contributed by atoms with Gasteiger partial charge in [0.25, 0.3) is 11.6 Å². The maximum Gasteiger partial charge on any atom is 0.287 e. The van der Waals surface area contributed by atoms with E-state index in [1.54, 1.807) is 7.05 Å². The van der Waals surface area contributed by atoms with Crippen LogP contribution in [0.25, 0.3) is 0 Å². The van der Waals surface area contributed by atoms with Crippen molar-refractivity contribution in [2.45, 2.75) is 32.1 Å². The first-order valence-electron chi connectivity index (χ1n) is 7.12. The molecule has 0 atom stereocenters. The minimum atomic E-state index is -0.502. The highest BCUT2D eigenvalue weighted by atomic mass is 35.5. The number of amides is 1. The van der Waals surface area contributed by atoms with Crippen molar-refractivity contribution < 1.29 is 9.72 Å². The highest BCUT2D eigenvalue weighted by Crippen LogP contribution is 2.36. The minimum absolute atomic E-state index is 0.0352. The number of aryl methyl sites for hydroxylation is 1. The van der Waals surface area contributed by atoms with E-state index in [0.29, 0.717) is 18.1 Å². The Morgan fingerprint density at radius 1 is 1.48 bits per heavy atom. The first-order valence-corrected chi connectivity index (χ1v) is 7.66. The SMILES string of the molecule is Cn1cc([N+](=O)[O-])cc1C(=O)NCC1(CCl)CCCCC1. The molecule has 0 bridgehead atoms. The summed E-state index contributed by atoms with van der Waals surface area (Å²) < 4.78 is 1.47. The van der Waals surface area contributed by atoms with Crippen LogP contribution >= 0.6 is 11.6 Å². The number of alkyl halides is 1. The third kappa shape index (κ3) is 3.56. The Morgan fingerprint density at radius 2 is 2.14 bits per heavy atom. The summed E-state index contributed by atoms with van der Waals surface area (Å²) in [6, 6.07) is 1.30. The van der Waals surface area contributed by atoms with E-state index in [1.165, 1.54) is 23.3 Å². The van der Waals surface area contributed by atoms with Gasteiger partial charge >= 0.3 is 0 Å². The lowest BCUT2D eigenvalue weighted by Gasteiger charge is -2.35. The van der Waals surface area contributed by atoms with Crippen LogP contribution in [0.3, 0.4) is 0 Å². The topological polar surface area (TPSA) is 77.2 Å². The van der Waals surface area contributed by atoms with Crippen molar-refractivity contribution in [2.75, 3.05) is 12.4 Å². The Labute approximate surface area is 128 Å². The third-order valence-electron chi connectivity index (χ3n) is 4.26. The highest BCUT2D eigenvalue weighted by molar-refractivity contribution is 6.18. The predicted octanol–water partition coefficient (Wildman–Crippen LogP) is 2.85. The zero-order chi connectivity index (χ0) is 15.5. The number of carbonyl (C=O) groups is 1. The second-order valence-electron chi connectivity index (χ2n) is 5.83. The monoisotopic (exact) mass is 313 g/mol. The summed E-state index contributed by atoms with van der Waals surface area (Å²) in [6.07, 6.45) is 6.87. The summed E-state index contributed by atoms with van der Waals surface area (Å²) >= 11 is 6.10. The lowest BCUT2D eigenvalue weighted by molar-refractivity contribution is -0.384. The summed E-state index contributed by atoms with van der Waals surface area (Å²) in [5, 5.41) is 13.6. The van der Waals surface area contributed by atoms with Gasteiger partial charge in [0.2, 0.25) is 0 Å². The van der Waals surface area contributed by atoms with Gasteiger partial charge in [0.05, 0.1) is 11.1 Å². The van der Waals surface area contributed by atoms with Crippen molar-refractivity contribution in [3.63, 3.8) is 0 Å². The molecule has 0 saturated heterocycles. The second-order valence-corrected chi connectivity index (χ2v) is 6.10. The average Bonchev–Trinajstić information content (AvgIpc) is 2.88. The molecular formula is C14H20ClN3O3. The average molecular weight is 314 g/mol. The lowest BCUT2D eigenvalue weighted by atomic mass is 9.75. The molecule has 2 rings (SSSR count). The number of nitro groups is 1. The smallest absolute Gasteiger partial charge is 0.287 e. The maximum absolute atomic E-state index is 12.2. The van der Waals surface area contributed by atoms with Crippen LogP contribution in [-0.2, 0) is 7.05 Å². The molecule has 0 spiro atoms. The number of aromatic nitrogens is 1. The van der Waals surface area contributed by atoms with Crippen LogP contribution in [0.5, 0.6) is 0 Å². The first-order chi connectivity index (χ1) is 9.97. The fraction of sp³-hybridized carbons (Fsp3) is 0.643. The summed E-state index contributed by atoms with van der Waals surface area (Å²) in [6.45, 7) is 0.522. The fourth-order valence-electron chi connectivity index (χ4n) is 2.89. The molecule has 0 aromatic carbocycles. The molecule has 0 aliphatic heterocycles. The van der Waals surface area contributed by atoms with Crippen molar-refractivity contribution in [1.29, 1.82) is 0 Å². The Balaban J connectivity index is 2.02. The van der Waals surface area contributed by atoms with Crippen LogP contribution in [0.15, 0.2) is 12.3 Å². The normalized spacial score (nSPS) is 17.4. The van der Waals surface area contributed by atoms with Crippen molar-refractivity contribution in [3.05, 3.63) is 28.1 Å². The second kappa shape index (κ2) is 6.47. The van der Waals surface area contributed by atoms with Gasteiger partial charge in [-0.1, -0.05) is 19.3 Å². The first kappa shape index (κ1) is 15.8. The Morgan fingerprint density at radius 3 is 2.67 bits per heavy atom. The lowest BCUT2D eigenvalue weighted by Crippen LogP contribution is -2.40. The van der Waals surface area contributed by atoms with Crippen LogP contribution in [-0.4, -0.2) is 27.8 Å². The highest BCUT2D eigenvalue weighted by Gasteiger charge is 2.32. The summed E-state index contributed by atoms with van der Waals surface area (Å²) in [5.74, 6) is 0.237. The molecule has 1 amide bonds. The van der Waals surface area contributed by atoms with Gasteiger partial charge in [0.15, 0.2) is 0 Å². The maximum atomic E-state index is 12.2. The van der Waals surface area contributed by atoms with E-state index in [2.05, 4.69) is 5.32 Å². The number of nitrogens with zero attached hydrogens (tertiary/aromatic N) is 2. The van der Waals surface area contributed by atoms with Crippen LogP contribution in [0.2, 0.25) is 0 Å². The van der Waals surface area contributed by atoms with Gasteiger partial charge in [-0.25, -0.2) is 0 Å². The standard InChI is InChI=1S/C14H20ClN3O3/c1-17-8-11(18(20)21)7-12(17)13(19)16-10-14(9-15)5-3-2-4-6-14/h7-8H,2-6,9-10H2,1H3,(H,16,19). The quantitative estimate of drug-likeness (QED) is 0.516. The number of carbonyl (C=O) groups excluding carboxylic acids is 1. The minimum Gasteiger partial charge on any atom is -0.350 e. The molecule has 116 valence electrons. The number of halogens is 1. The van der Waals surface area contributed by atoms with Crippen LogP contribution in [0.4, 0.5) is 5.69 Å². The molecule has 1 aromatic rings. The molecule has 21 heavy (non-hydrogen) atoms. The molecule has 1 N–H and O–H groups in total. The van der Waals surface area contributed by atoms with Gasteiger partial charge in [-0.05, 0) is 12.8 Å². The molecule has 7 heteroatoms. The molecular weight excluding hydrogens is 294 g/mol. The molecule has 0 unspecified atom stereocenters. The van der Waals surface area contributed by atoms with Gasteiger partial charge in [-0.2, -0.15) is 0 Å². The largest absolute Gasteiger partial charge is 0.350 e. The van der Waals surface area contributed by atoms with Crippen molar-refractivity contribution in [3.8, 4) is 0 Å². The predicted molar refractivity (Wildman–Crippen MR) is 80.6 cm³/mol. The number of rotatable bonds is 5. The Bertz CT molecular complexity index is 536. The van der Waals surface area contributed by atoms with E-state index in [0.717, 1.165) is 25.7 Å². The third-order valence-corrected chi connectivity index (χ3v) is 4.82. The molecule has 1 fully saturated rings. The number of hydrogen-bond acceptors (Lipinski definition) is 3. The van der Waals surface area contributed by atoms with Gasteiger partial charge < -0.3 is 9.88 Å². The Hall–Kier alpha value is -1.56. The van der Waals surface area contributed by atoms with E-state index < -0.39 is 4.92 Å². The van der Waals surface area contributed by atoms with E-state index in [-0.39, 0.29) is 17.0 Å². The number of nitrogens with one attached hydrogen (secondary N) is 1. The van der Waals surface area contributed by atoms with E-state index in [4.69, 9.17) is 11.6 Å². The fourth-order valence-corrected chi connectivity index (χ4v) is 3.25. The van der Waals surface area contributed by atoms with Crippen molar-refractivity contribution >= 4 is 23.2 Å². The van der Waals surface area contributed by atoms with Crippen molar-refractivity contribution in [2.24, 2.45) is 12.5 Å². The molecule has 1 aromatic heterocycles. The van der Waals surface area contributed by atoms with Crippen LogP contribution in [0.1, 0.15) is 42.6 Å². The van der Waals surface area contributed by atoms with Crippen molar-refractivity contribution in [1.82, 2.24) is 9.88 Å². The summed E-state index contributed by atoms with van der Waals surface area (Å²) in [5.41, 5.74) is 0.182.